The topological polar surface area (TPSA) is 9.86 Å². The fraction of sp³-hybridized carbons (Fsp3) is 0.0370. The molecule has 9 aromatic carbocycles. The minimum atomic E-state index is 0.144. The van der Waals surface area contributed by atoms with Crippen molar-refractivity contribution in [3.05, 3.63) is 206 Å². The van der Waals surface area contributed by atoms with Crippen molar-refractivity contribution >= 4 is 81.5 Å². The molecule has 11 aromatic rings. The molecule has 1 aliphatic rings. The van der Waals surface area contributed by atoms with Crippen LogP contribution in [-0.2, 0) is 0 Å². The monoisotopic (exact) mass is 712 g/mol. The van der Waals surface area contributed by atoms with Crippen LogP contribution in [0.15, 0.2) is 200 Å². The van der Waals surface area contributed by atoms with Gasteiger partial charge in [0.05, 0.1) is 22.6 Å². The molecule has 56 heavy (non-hydrogen) atoms. The molecular weight excluding hydrogens is 677 g/mol. The zero-order valence-electron chi connectivity index (χ0n) is 30.7. The lowest BCUT2D eigenvalue weighted by molar-refractivity contribution is 0.651. The van der Waals surface area contributed by atoms with Crippen LogP contribution in [0.25, 0.3) is 98.3 Å². The summed E-state index contributed by atoms with van der Waals surface area (Å²) in [6.45, 7) is 0. The summed E-state index contributed by atoms with van der Waals surface area (Å²) in [7, 11) is 0. The maximum atomic E-state index is 2.63. The number of hydrogen-bond donors (Lipinski definition) is 0. The van der Waals surface area contributed by atoms with Gasteiger partial charge in [0.1, 0.15) is 0 Å². The Kier molecular flexibility index (Phi) is 6.79. The Morgan fingerprint density at radius 1 is 0.393 bits per heavy atom. The van der Waals surface area contributed by atoms with Crippen molar-refractivity contribution in [2.45, 2.75) is 12.5 Å². The summed E-state index contributed by atoms with van der Waals surface area (Å²) in [6, 6.07) is 67.2. The fourth-order valence-corrected chi connectivity index (χ4v) is 9.74. The minimum Gasteiger partial charge on any atom is -0.333 e. The fourth-order valence-electron chi connectivity index (χ4n) is 9.74. The van der Waals surface area contributed by atoms with E-state index in [4.69, 9.17) is 0 Å². The molecule has 1 unspecified atom stereocenters. The molecule has 262 valence electrons. The maximum absolute atomic E-state index is 2.63. The van der Waals surface area contributed by atoms with Gasteiger partial charge in [-0.25, -0.2) is 0 Å². The number of rotatable bonds is 4. The van der Waals surface area contributed by atoms with Gasteiger partial charge in [0.2, 0.25) is 0 Å². The second-order valence-electron chi connectivity index (χ2n) is 15.2. The van der Waals surface area contributed by atoms with Gasteiger partial charge in [-0.3, -0.25) is 0 Å². The normalized spacial score (nSPS) is 14.6. The lowest BCUT2D eigenvalue weighted by Crippen LogP contribution is -2.08. The molecule has 0 spiro atoms. The second-order valence-corrected chi connectivity index (χ2v) is 15.2. The Balaban J connectivity index is 1.03. The molecule has 1 aliphatic carbocycles. The van der Waals surface area contributed by atoms with Crippen molar-refractivity contribution in [1.82, 2.24) is 9.13 Å². The van der Waals surface area contributed by atoms with Crippen LogP contribution in [0.1, 0.15) is 18.0 Å². The molecule has 0 amide bonds. The van der Waals surface area contributed by atoms with Crippen molar-refractivity contribution in [3.63, 3.8) is 0 Å². The van der Waals surface area contributed by atoms with Crippen molar-refractivity contribution in [3.8, 4) is 16.8 Å². The molecule has 1 atom stereocenters. The Bertz CT molecular complexity index is 3410. The van der Waals surface area contributed by atoms with Gasteiger partial charge in [-0.1, -0.05) is 158 Å². The summed E-state index contributed by atoms with van der Waals surface area (Å²) in [6.07, 6.45) is 8.12. The minimum absolute atomic E-state index is 0.144. The standard InChI is InChI=1S/C54H36N2/c1-2-17-39(18-3-1)55-51-27-11-9-25-48(51)53-52(55)31-30-47-46-24-8-10-26-50(46)56(54(47)53)40-19-13-16-37(33-40)35-14-12-15-36(32-35)38-28-29-45-43-22-5-4-20-41(43)42-21-6-7-23-44(42)49(45)34-38/h1-18,20-34,40H,19H2. The van der Waals surface area contributed by atoms with E-state index in [9.17, 15) is 0 Å². The number of fused-ring (bicyclic) bond motifs is 13. The first-order valence-corrected chi connectivity index (χ1v) is 19.6. The van der Waals surface area contributed by atoms with Crippen LogP contribution < -0.4 is 0 Å². The number of benzene rings is 9. The van der Waals surface area contributed by atoms with E-state index in [-0.39, 0.29) is 6.04 Å². The van der Waals surface area contributed by atoms with E-state index in [1.54, 1.807) is 0 Å². The highest BCUT2D eigenvalue weighted by molar-refractivity contribution is 6.27. The SMILES string of the molecule is C1=CC(c2cccc(-c3ccc4c5ccccc5c5ccccc5c4c3)c2)=CC(n2c3ccccc3c3ccc4c(c5ccccc5n4-c4ccccc4)c32)C1. The number of para-hydroxylation sites is 3. The van der Waals surface area contributed by atoms with Gasteiger partial charge in [0.15, 0.2) is 0 Å². The molecule has 0 radical (unpaired) electrons. The van der Waals surface area contributed by atoms with Crippen molar-refractivity contribution in [2.24, 2.45) is 0 Å². The molecular formula is C54H36N2. The number of aromatic nitrogens is 2. The number of nitrogens with zero attached hydrogens (tertiary/aromatic N) is 2. The van der Waals surface area contributed by atoms with Crippen LogP contribution >= 0.6 is 0 Å². The molecule has 0 saturated carbocycles. The van der Waals surface area contributed by atoms with Gasteiger partial charge >= 0.3 is 0 Å². The van der Waals surface area contributed by atoms with Crippen LogP contribution in [0, 0.1) is 0 Å². The zero-order chi connectivity index (χ0) is 36.7. The molecule has 0 saturated heterocycles. The molecule has 2 nitrogen and oxygen atoms in total. The zero-order valence-corrected chi connectivity index (χ0v) is 30.7. The van der Waals surface area contributed by atoms with E-state index >= 15 is 0 Å². The van der Waals surface area contributed by atoms with E-state index in [0.29, 0.717) is 0 Å². The predicted molar refractivity (Wildman–Crippen MR) is 239 cm³/mol. The van der Waals surface area contributed by atoms with E-state index in [2.05, 4.69) is 209 Å². The highest BCUT2D eigenvalue weighted by Crippen LogP contribution is 2.44. The van der Waals surface area contributed by atoms with Crippen LogP contribution in [0.5, 0.6) is 0 Å². The average Bonchev–Trinajstić information content (AvgIpc) is 3.80. The smallest absolute Gasteiger partial charge is 0.0598 e. The van der Waals surface area contributed by atoms with Crippen molar-refractivity contribution < 1.29 is 0 Å². The number of allylic oxidation sites excluding steroid dienone is 4. The number of hydrogen-bond acceptors (Lipinski definition) is 0. The largest absolute Gasteiger partial charge is 0.333 e. The Hall–Kier alpha value is -7.16. The van der Waals surface area contributed by atoms with Crippen molar-refractivity contribution in [1.29, 1.82) is 0 Å². The molecule has 0 aliphatic heterocycles. The van der Waals surface area contributed by atoms with Gasteiger partial charge in [-0.15, -0.1) is 0 Å². The van der Waals surface area contributed by atoms with Gasteiger partial charge in [-0.2, -0.15) is 0 Å². The molecule has 2 aromatic heterocycles. The Morgan fingerprint density at radius 2 is 0.982 bits per heavy atom. The van der Waals surface area contributed by atoms with Gasteiger partial charge in [0.25, 0.3) is 0 Å². The third-order valence-corrected chi connectivity index (χ3v) is 12.2. The third kappa shape index (κ3) is 4.56. The molecule has 2 heterocycles. The van der Waals surface area contributed by atoms with Crippen LogP contribution in [0.4, 0.5) is 0 Å². The summed E-state index contributed by atoms with van der Waals surface area (Å²) in [5, 5.41) is 13.0. The van der Waals surface area contributed by atoms with E-state index < -0.39 is 0 Å². The molecule has 0 N–H and O–H groups in total. The van der Waals surface area contributed by atoms with Gasteiger partial charge < -0.3 is 9.13 Å². The quantitative estimate of drug-likeness (QED) is 0.161. The first kappa shape index (κ1) is 31.2. The summed E-state index contributed by atoms with van der Waals surface area (Å²) < 4.78 is 5.05. The first-order chi connectivity index (χ1) is 27.8. The lowest BCUT2D eigenvalue weighted by Gasteiger charge is -2.22. The molecule has 0 bridgehead atoms. The lowest BCUT2D eigenvalue weighted by atomic mass is 9.90. The van der Waals surface area contributed by atoms with Crippen LogP contribution in [-0.4, -0.2) is 9.13 Å². The highest BCUT2D eigenvalue weighted by Gasteiger charge is 2.24. The third-order valence-electron chi connectivity index (χ3n) is 12.2. The van der Waals surface area contributed by atoms with Gasteiger partial charge in [0, 0.05) is 32.7 Å². The summed E-state index contributed by atoms with van der Waals surface area (Å²) in [5.74, 6) is 0. The van der Waals surface area contributed by atoms with Crippen LogP contribution in [0.3, 0.4) is 0 Å². The van der Waals surface area contributed by atoms with E-state index in [0.717, 1.165) is 6.42 Å². The second kappa shape index (κ2) is 12.2. The summed E-state index contributed by atoms with van der Waals surface area (Å²) in [5.41, 5.74) is 11.2. The van der Waals surface area contributed by atoms with Gasteiger partial charge in [-0.05, 0) is 103 Å². The summed E-state index contributed by atoms with van der Waals surface area (Å²) >= 11 is 0. The molecule has 2 heteroatoms. The van der Waals surface area contributed by atoms with Crippen LogP contribution in [0.2, 0.25) is 0 Å². The van der Waals surface area contributed by atoms with E-state index in [1.165, 1.54) is 104 Å². The Morgan fingerprint density at radius 3 is 1.75 bits per heavy atom. The first-order valence-electron chi connectivity index (χ1n) is 19.6. The highest BCUT2D eigenvalue weighted by atomic mass is 15.0. The molecule has 12 rings (SSSR count). The van der Waals surface area contributed by atoms with E-state index in [1.807, 2.05) is 0 Å². The maximum Gasteiger partial charge on any atom is 0.0598 e. The summed E-state index contributed by atoms with van der Waals surface area (Å²) in [4.78, 5) is 0. The predicted octanol–water partition coefficient (Wildman–Crippen LogP) is 14.6. The van der Waals surface area contributed by atoms with Crippen molar-refractivity contribution in [2.75, 3.05) is 0 Å². The Labute approximate surface area is 324 Å². The average molecular weight is 713 g/mol. The molecule has 0 fully saturated rings.